The Hall–Kier alpha value is -4.45. The summed E-state index contributed by atoms with van der Waals surface area (Å²) in [4.78, 5) is 33.5. The summed E-state index contributed by atoms with van der Waals surface area (Å²) >= 11 is 12.9. The van der Waals surface area contributed by atoms with Crippen molar-refractivity contribution in [1.29, 1.82) is 0 Å². The van der Waals surface area contributed by atoms with Gasteiger partial charge in [-0.3, -0.25) is 9.80 Å². The van der Waals surface area contributed by atoms with Crippen molar-refractivity contribution in [1.82, 2.24) is 4.90 Å². The van der Waals surface area contributed by atoms with E-state index in [1.165, 1.54) is 26.4 Å². The molecule has 50 heavy (non-hydrogen) atoms. The van der Waals surface area contributed by atoms with Crippen molar-refractivity contribution < 1.29 is 42.3 Å². The van der Waals surface area contributed by atoms with Crippen LogP contribution in [0.4, 0.5) is 19.3 Å². The van der Waals surface area contributed by atoms with E-state index in [0.717, 1.165) is 43.0 Å². The van der Waals surface area contributed by atoms with Crippen molar-refractivity contribution in [3.63, 3.8) is 0 Å². The summed E-state index contributed by atoms with van der Waals surface area (Å²) in [5, 5.41) is 0.707. The van der Waals surface area contributed by atoms with Crippen molar-refractivity contribution in [2.45, 2.75) is 38.0 Å². The number of carbonyl (C=O) groups is 2. The molecule has 0 unspecified atom stereocenters. The summed E-state index contributed by atoms with van der Waals surface area (Å²) in [7, 11) is 3.01. The van der Waals surface area contributed by atoms with Crippen molar-refractivity contribution >= 4 is 41.0 Å². The summed E-state index contributed by atoms with van der Waals surface area (Å²) in [5.41, 5.74) is 1.17. The second-order valence-electron chi connectivity index (χ2n) is 12.3. The molecule has 0 radical (unpaired) electrons. The fraction of sp³-hybridized carbons (Fsp3) is 0.324. The minimum Gasteiger partial charge on any atom is -0.493 e. The number of nitrogens with zero attached hydrogens (tertiary/aromatic N) is 2. The molecule has 1 aromatic heterocycles. The standard InChI is InChI=1S/C37H35Cl2F2N3O6/c1-47-31-10-9-24(16-33(31)48-2)32(17-26-27(38)18-42-19-28(26)39)49-36(45)25-6-3-5-22(15-25)20-44(35-29(40)7-4-8-30(35)41)37(46)50-34-21-43-13-11-23(34)12-14-43/h3-10,15-16,18-19,23,32,34H,11-14,17,20-21H2,1-2H3/p+1/t32-,34-/m0/s1. The average Bonchev–Trinajstić information content (AvgIpc) is 3.12. The SMILES string of the molecule is COc1ccc([C@H](Cc2c(Cl)c[nH+]cc2Cl)OC(=O)c2cccc(CN(C(=O)O[C@H]3CN4CCC3CC4)c3c(F)cccc3F)c2)cc1OC. The molecule has 0 saturated carbocycles. The largest absolute Gasteiger partial charge is 0.493 e. The zero-order chi connectivity index (χ0) is 35.4. The number of methoxy groups -OCH3 is 2. The van der Waals surface area contributed by atoms with Crippen LogP contribution in [-0.4, -0.2) is 56.9 Å². The highest BCUT2D eigenvalue weighted by Gasteiger charge is 2.38. The molecular weight excluding hydrogens is 691 g/mol. The van der Waals surface area contributed by atoms with E-state index in [0.29, 0.717) is 44.8 Å². The Morgan fingerprint density at radius 3 is 2.26 bits per heavy atom. The van der Waals surface area contributed by atoms with Gasteiger partial charge in [0.2, 0.25) is 0 Å². The van der Waals surface area contributed by atoms with E-state index in [1.54, 1.807) is 48.8 Å². The Morgan fingerprint density at radius 2 is 1.62 bits per heavy atom. The minimum atomic E-state index is -0.917. The van der Waals surface area contributed by atoms with E-state index in [2.05, 4.69) is 9.88 Å². The Kier molecular flexibility index (Phi) is 11.1. The van der Waals surface area contributed by atoms with E-state index < -0.39 is 35.5 Å². The molecule has 1 N–H and O–H groups in total. The first kappa shape index (κ1) is 35.4. The van der Waals surface area contributed by atoms with Crippen LogP contribution in [0.1, 0.15) is 46.0 Å². The van der Waals surface area contributed by atoms with Crippen LogP contribution in [0.3, 0.4) is 0 Å². The monoisotopic (exact) mass is 726 g/mol. The molecule has 2 atom stereocenters. The van der Waals surface area contributed by atoms with E-state index in [4.69, 9.17) is 42.1 Å². The van der Waals surface area contributed by atoms with Crippen LogP contribution >= 0.6 is 23.2 Å². The third-order valence-electron chi connectivity index (χ3n) is 9.19. The number of piperidine rings is 3. The van der Waals surface area contributed by atoms with E-state index in [9.17, 15) is 9.59 Å². The lowest BCUT2D eigenvalue weighted by Gasteiger charge is -2.44. The van der Waals surface area contributed by atoms with Gasteiger partial charge in [-0.1, -0.05) is 47.5 Å². The van der Waals surface area contributed by atoms with Gasteiger partial charge in [-0.25, -0.2) is 23.4 Å². The topological polar surface area (TPSA) is 91.7 Å². The van der Waals surface area contributed by atoms with Crippen molar-refractivity contribution in [2.24, 2.45) is 5.92 Å². The molecule has 13 heteroatoms. The molecule has 2 bridgehead atoms. The van der Waals surface area contributed by atoms with Gasteiger partial charge >= 0.3 is 12.1 Å². The first-order valence-corrected chi connectivity index (χ1v) is 16.9. The molecule has 3 fully saturated rings. The van der Waals surface area contributed by atoms with Crippen molar-refractivity contribution in [3.05, 3.63) is 117 Å². The number of benzene rings is 3. The quantitative estimate of drug-likeness (QED) is 0.148. The van der Waals surface area contributed by atoms with Gasteiger partial charge in [0.1, 0.15) is 39.6 Å². The van der Waals surface area contributed by atoms with Gasteiger partial charge in [-0.15, -0.1) is 0 Å². The molecule has 4 aromatic rings. The fourth-order valence-corrected chi connectivity index (χ4v) is 7.07. The van der Waals surface area contributed by atoms with Crippen LogP contribution in [-0.2, 0) is 22.4 Å². The Bertz CT molecular complexity index is 1830. The van der Waals surface area contributed by atoms with Crippen LogP contribution in [0.25, 0.3) is 0 Å². The number of anilines is 1. The molecule has 7 rings (SSSR count). The van der Waals surface area contributed by atoms with Crippen LogP contribution < -0.4 is 19.4 Å². The highest BCUT2D eigenvalue weighted by molar-refractivity contribution is 6.35. The first-order valence-electron chi connectivity index (χ1n) is 16.2. The maximum absolute atomic E-state index is 15.1. The van der Waals surface area contributed by atoms with Crippen molar-refractivity contribution in [2.75, 3.05) is 38.8 Å². The van der Waals surface area contributed by atoms with Crippen LogP contribution in [0, 0.1) is 17.6 Å². The molecule has 9 nitrogen and oxygen atoms in total. The van der Waals surface area contributed by atoms with E-state index in [-0.39, 0.29) is 30.6 Å². The number of hydrogen-bond acceptors (Lipinski definition) is 7. The summed E-state index contributed by atoms with van der Waals surface area (Å²) in [6, 6.07) is 14.8. The third-order valence-corrected chi connectivity index (χ3v) is 9.87. The second kappa shape index (κ2) is 15.6. The number of aromatic amines is 1. The number of rotatable bonds is 11. The molecule has 1 amide bonds. The van der Waals surface area contributed by atoms with Gasteiger partial charge in [0.05, 0.1) is 26.3 Å². The summed E-state index contributed by atoms with van der Waals surface area (Å²) in [6.07, 6.45) is 2.92. The van der Waals surface area contributed by atoms with Crippen LogP contribution in [0.5, 0.6) is 11.5 Å². The van der Waals surface area contributed by atoms with Crippen molar-refractivity contribution in [3.8, 4) is 11.5 Å². The number of pyridine rings is 1. The van der Waals surface area contributed by atoms with E-state index >= 15 is 8.78 Å². The number of fused-ring (bicyclic) bond motifs is 3. The minimum absolute atomic E-state index is 0.124. The number of ether oxygens (including phenoxy) is 4. The van der Waals surface area contributed by atoms with E-state index in [1.807, 2.05) is 0 Å². The number of para-hydroxylation sites is 1. The lowest BCUT2D eigenvalue weighted by Crippen LogP contribution is -2.53. The zero-order valence-electron chi connectivity index (χ0n) is 27.5. The van der Waals surface area contributed by atoms with Crippen LogP contribution in [0.15, 0.2) is 73.1 Å². The Balaban J connectivity index is 1.27. The lowest BCUT2D eigenvalue weighted by atomic mass is 9.86. The summed E-state index contributed by atoms with van der Waals surface area (Å²) < 4.78 is 53.1. The predicted octanol–water partition coefficient (Wildman–Crippen LogP) is 7.48. The number of hydrogen-bond donors (Lipinski definition) is 0. The molecule has 3 saturated heterocycles. The van der Waals surface area contributed by atoms with Gasteiger partial charge in [0.15, 0.2) is 23.9 Å². The van der Waals surface area contributed by atoms with Gasteiger partial charge in [0, 0.05) is 18.5 Å². The number of esters is 1. The highest BCUT2D eigenvalue weighted by atomic mass is 35.5. The highest BCUT2D eigenvalue weighted by Crippen LogP contribution is 2.36. The number of aromatic nitrogens is 1. The van der Waals surface area contributed by atoms with Gasteiger partial charge in [-0.05, 0) is 79.4 Å². The smallest absolute Gasteiger partial charge is 0.415 e. The summed E-state index contributed by atoms with van der Waals surface area (Å²) in [6.45, 7) is 2.17. The van der Waals surface area contributed by atoms with Gasteiger partial charge in [0.25, 0.3) is 0 Å². The average molecular weight is 728 g/mol. The first-order chi connectivity index (χ1) is 24.1. The number of halogens is 4. The molecule has 262 valence electrons. The molecule has 3 aliphatic heterocycles. The fourth-order valence-electron chi connectivity index (χ4n) is 6.53. The number of amides is 1. The molecule has 0 spiro atoms. The molecule has 0 aliphatic carbocycles. The second-order valence-corrected chi connectivity index (χ2v) is 13.1. The Labute approximate surface area is 298 Å². The van der Waals surface area contributed by atoms with Crippen LogP contribution in [0.2, 0.25) is 10.0 Å². The molecule has 3 aromatic carbocycles. The number of H-pyrrole nitrogens is 1. The number of nitrogens with one attached hydrogen (secondary N) is 1. The predicted molar refractivity (Wildman–Crippen MR) is 183 cm³/mol. The Morgan fingerprint density at radius 1 is 0.940 bits per heavy atom. The summed E-state index contributed by atoms with van der Waals surface area (Å²) in [5.74, 6) is -1.42. The maximum Gasteiger partial charge on any atom is 0.415 e. The molecule has 4 heterocycles. The maximum atomic E-state index is 15.1. The van der Waals surface area contributed by atoms with Gasteiger partial charge < -0.3 is 18.9 Å². The zero-order valence-corrected chi connectivity index (χ0v) is 29.0. The lowest BCUT2D eigenvalue weighted by molar-refractivity contribution is -0.377. The normalized spacial score (nSPS) is 18.6. The van der Waals surface area contributed by atoms with Gasteiger partial charge in [-0.2, -0.15) is 0 Å². The molecule has 3 aliphatic rings. The molecular formula is C37H36Cl2F2N3O6+. The number of carbonyl (C=O) groups excluding carboxylic acids is 2. The third kappa shape index (κ3) is 7.80.